The van der Waals surface area contributed by atoms with E-state index in [4.69, 9.17) is 0 Å². The first-order chi connectivity index (χ1) is 10.0. The zero-order valence-electron chi connectivity index (χ0n) is 13.3. The molecule has 0 atom stereocenters. The van der Waals surface area contributed by atoms with E-state index in [1.54, 1.807) is 0 Å². The Morgan fingerprint density at radius 1 is 1.29 bits per heavy atom. The number of carbonyl (C=O) groups is 1. The maximum Gasteiger partial charge on any atom is 0.170 e. The lowest BCUT2D eigenvalue weighted by molar-refractivity contribution is 0.111. The molecule has 0 fully saturated rings. The van der Waals surface area contributed by atoms with Gasteiger partial charge in [0.1, 0.15) is 11.3 Å². The quantitative estimate of drug-likeness (QED) is 0.732. The predicted octanol–water partition coefficient (Wildman–Crippen LogP) is 2.17. The second-order valence-corrected chi connectivity index (χ2v) is 6.01. The van der Waals surface area contributed by atoms with E-state index >= 15 is 0 Å². The fourth-order valence-electron chi connectivity index (χ4n) is 2.39. The Labute approximate surface area is 126 Å². The van der Waals surface area contributed by atoms with Crippen LogP contribution in [0, 0.1) is 5.92 Å². The fourth-order valence-corrected chi connectivity index (χ4v) is 2.39. The van der Waals surface area contributed by atoms with Crippen molar-refractivity contribution in [2.24, 2.45) is 5.92 Å². The lowest BCUT2D eigenvalue weighted by Crippen LogP contribution is -2.35. The molecule has 0 aliphatic carbocycles. The Morgan fingerprint density at radius 3 is 2.67 bits per heavy atom. The molecule has 0 aromatic carbocycles. The second kappa shape index (κ2) is 6.72. The highest BCUT2D eigenvalue weighted by Gasteiger charge is 2.18. The minimum Gasteiger partial charge on any atom is -0.353 e. The monoisotopic (exact) mass is 288 g/mol. The normalized spacial score (nSPS) is 11.5. The third-order valence-corrected chi connectivity index (χ3v) is 3.36. The lowest BCUT2D eigenvalue weighted by Gasteiger charge is -2.26. The summed E-state index contributed by atoms with van der Waals surface area (Å²) in [7, 11) is 4.11. The third kappa shape index (κ3) is 3.61. The molecule has 5 heteroatoms. The van der Waals surface area contributed by atoms with Crippen molar-refractivity contribution in [2.75, 3.05) is 38.6 Å². The zero-order valence-corrected chi connectivity index (χ0v) is 13.3. The Morgan fingerprint density at radius 2 is 2.05 bits per heavy atom. The Kier molecular flexibility index (Phi) is 4.96. The summed E-state index contributed by atoms with van der Waals surface area (Å²) in [5.41, 5.74) is 1.44. The summed E-state index contributed by atoms with van der Waals surface area (Å²) >= 11 is 0. The van der Waals surface area contributed by atoms with Crippen molar-refractivity contribution in [3.05, 3.63) is 30.1 Å². The number of nitrogens with zero attached hydrogens (tertiary/aromatic N) is 4. The van der Waals surface area contributed by atoms with Crippen LogP contribution in [-0.4, -0.2) is 54.3 Å². The van der Waals surface area contributed by atoms with Gasteiger partial charge in [0.25, 0.3) is 0 Å². The van der Waals surface area contributed by atoms with Gasteiger partial charge in [-0.05, 0) is 32.1 Å². The highest BCUT2D eigenvalue weighted by atomic mass is 16.1. The van der Waals surface area contributed by atoms with Crippen LogP contribution in [0.25, 0.3) is 5.65 Å². The van der Waals surface area contributed by atoms with Crippen molar-refractivity contribution >= 4 is 17.8 Å². The van der Waals surface area contributed by atoms with Crippen molar-refractivity contribution in [3.8, 4) is 0 Å². The SMILES string of the molecule is CC(C)CN(CCN(C)C)c1nc2ccccn2c1C=O. The largest absolute Gasteiger partial charge is 0.353 e. The number of aromatic nitrogens is 2. The smallest absolute Gasteiger partial charge is 0.170 e. The van der Waals surface area contributed by atoms with Gasteiger partial charge in [0.05, 0.1) is 0 Å². The van der Waals surface area contributed by atoms with E-state index < -0.39 is 0 Å². The number of rotatable bonds is 7. The van der Waals surface area contributed by atoms with Gasteiger partial charge in [0.15, 0.2) is 12.1 Å². The van der Waals surface area contributed by atoms with E-state index in [0.717, 1.165) is 37.4 Å². The molecular formula is C16H24N4O. The summed E-state index contributed by atoms with van der Waals surface area (Å²) in [6.45, 7) is 7.03. The van der Waals surface area contributed by atoms with Crippen LogP contribution in [0.2, 0.25) is 0 Å². The van der Waals surface area contributed by atoms with E-state index in [9.17, 15) is 4.79 Å². The summed E-state index contributed by atoms with van der Waals surface area (Å²) in [5, 5.41) is 0. The Hall–Kier alpha value is -1.88. The zero-order chi connectivity index (χ0) is 15.4. The summed E-state index contributed by atoms with van der Waals surface area (Å²) in [5.74, 6) is 1.29. The molecule has 0 saturated carbocycles. The summed E-state index contributed by atoms with van der Waals surface area (Å²) < 4.78 is 1.85. The molecule has 0 bridgehead atoms. The first-order valence-corrected chi connectivity index (χ1v) is 7.35. The molecule has 2 heterocycles. The molecule has 0 unspecified atom stereocenters. The highest BCUT2D eigenvalue weighted by Crippen LogP contribution is 2.21. The van der Waals surface area contributed by atoms with Gasteiger partial charge in [-0.15, -0.1) is 0 Å². The van der Waals surface area contributed by atoms with Gasteiger partial charge < -0.3 is 9.80 Å². The Bertz CT molecular complexity index is 603. The third-order valence-electron chi connectivity index (χ3n) is 3.36. The molecule has 2 aromatic heterocycles. The van der Waals surface area contributed by atoms with Gasteiger partial charge in [-0.25, -0.2) is 4.98 Å². The molecule has 0 spiro atoms. The van der Waals surface area contributed by atoms with Crippen molar-refractivity contribution in [1.82, 2.24) is 14.3 Å². The molecule has 2 rings (SSSR count). The number of aldehydes is 1. The van der Waals surface area contributed by atoms with Crippen LogP contribution in [0.4, 0.5) is 5.82 Å². The van der Waals surface area contributed by atoms with E-state index in [1.807, 2.05) is 28.8 Å². The van der Waals surface area contributed by atoms with Crippen LogP contribution in [0.1, 0.15) is 24.3 Å². The second-order valence-electron chi connectivity index (χ2n) is 6.01. The minimum atomic E-state index is 0.511. The molecule has 0 radical (unpaired) electrons. The lowest BCUT2D eigenvalue weighted by atomic mass is 10.2. The number of imidazole rings is 1. The van der Waals surface area contributed by atoms with Gasteiger partial charge in [0, 0.05) is 25.8 Å². The molecule has 0 saturated heterocycles. The molecular weight excluding hydrogens is 264 g/mol. The number of fused-ring (bicyclic) bond motifs is 1. The average molecular weight is 288 g/mol. The fraction of sp³-hybridized carbons (Fsp3) is 0.500. The maximum absolute atomic E-state index is 11.5. The van der Waals surface area contributed by atoms with Crippen LogP contribution in [-0.2, 0) is 0 Å². The van der Waals surface area contributed by atoms with E-state index in [1.165, 1.54) is 0 Å². The minimum absolute atomic E-state index is 0.511. The van der Waals surface area contributed by atoms with Crippen molar-refractivity contribution in [2.45, 2.75) is 13.8 Å². The van der Waals surface area contributed by atoms with Gasteiger partial charge in [-0.1, -0.05) is 19.9 Å². The number of anilines is 1. The summed E-state index contributed by atoms with van der Waals surface area (Å²) in [6, 6.07) is 5.78. The number of hydrogen-bond acceptors (Lipinski definition) is 4. The van der Waals surface area contributed by atoms with Crippen LogP contribution in [0.3, 0.4) is 0 Å². The van der Waals surface area contributed by atoms with Crippen LogP contribution in [0.5, 0.6) is 0 Å². The molecule has 2 aromatic rings. The first kappa shape index (κ1) is 15.5. The molecule has 114 valence electrons. The van der Waals surface area contributed by atoms with Crippen molar-refractivity contribution in [3.63, 3.8) is 0 Å². The highest BCUT2D eigenvalue weighted by molar-refractivity contribution is 5.83. The summed E-state index contributed by atoms with van der Waals surface area (Å²) in [6.07, 6.45) is 2.79. The maximum atomic E-state index is 11.5. The molecule has 0 aliphatic rings. The molecule has 5 nitrogen and oxygen atoms in total. The van der Waals surface area contributed by atoms with Crippen LogP contribution in [0.15, 0.2) is 24.4 Å². The van der Waals surface area contributed by atoms with Gasteiger partial charge >= 0.3 is 0 Å². The van der Waals surface area contributed by atoms with Gasteiger partial charge in [0.2, 0.25) is 0 Å². The average Bonchev–Trinajstić information content (AvgIpc) is 2.81. The van der Waals surface area contributed by atoms with Crippen molar-refractivity contribution < 1.29 is 4.79 Å². The van der Waals surface area contributed by atoms with E-state index in [0.29, 0.717) is 11.6 Å². The topological polar surface area (TPSA) is 40.9 Å². The van der Waals surface area contributed by atoms with Gasteiger partial charge in [-0.2, -0.15) is 0 Å². The van der Waals surface area contributed by atoms with Crippen LogP contribution < -0.4 is 4.90 Å². The molecule has 21 heavy (non-hydrogen) atoms. The number of carbonyl (C=O) groups excluding carboxylic acids is 1. The van der Waals surface area contributed by atoms with E-state index in [-0.39, 0.29) is 0 Å². The standard InChI is InChI=1S/C16H24N4O/c1-13(2)11-19(10-9-18(3)4)16-14(12-21)20-8-6-5-7-15(20)17-16/h5-8,12-13H,9-11H2,1-4H3. The van der Waals surface area contributed by atoms with Gasteiger partial charge in [-0.3, -0.25) is 9.20 Å². The van der Waals surface area contributed by atoms with Crippen molar-refractivity contribution in [1.29, 1.82) is 0 Å². The number of hydrogen-bond donors (Lipinski definition) is 0. The molecule has 0 amide bonds. The number of likely N-dealkylation sites (N-methyl/N-ethyl adjacent to an activating group) is 1. The predicted molar refractivity (Wildman–Crippen MR) is 86.2 cm³/mol. The molecule has 0 N–H and O–H groups in total. The van der Waals surface area contributed by atoms with Crippen LogP contribution >= 0.6 is 0 Å². The number of pyridine rings is 1. The molecule has 0 aliphatic heterocycles. The summed E-state index contributed by atoms with van der Waals surface area (Å²) in [4.78, 5) is 20.5. The van der Waals surface area contributed by atoms with E-state index in [2.05, 4.69) is 42.7 Å². The first-order valence-electron chi connectivity index (χ1n) is 7.35. The Balaban J connectivity index is 2.40.